The highest BCUT2D eigenvalue weighted by Gasteiger charge is 2.31. The molecular formula is C16H29N3O. The van der Waals surface area contributed by atoms with Crippen molar-refractivity contribution in [3.8, 4) is 0 Å². The normalized spacial score (nSPS) is 24.8. The maximum atomic E-state index is 5.31. The lowest BCUT2D eigenvalue weighted by molar-refractivity contribution is 0.0778. The fourth-order valence-corrected chi connectivity index (χ4v) is 3.07. The van der Waals surface area contributed by atoms with Crippen molar-refractivity contribution in [1.29, 1.82) is 0 Å². The van der Waals surface area contributed by atoms with Gasteiger partial charge in [0, 0.05) is 37.3 Å². The molecule has 1 aliphatic rings. The van der Waals surface area contributed by atoms with E-state index < -0.39 is 0 Å². The summed E-state index contributed by atoms with van der Waals surface area (Å²) in [6, 6.07) is 1.16. The van der Waals surface area contributed by atoms with E-state index in [4.69, 9.17) is 4.52 Å². The number of aryl methyl sites for hydroxylation is 2. The molecule has 1 aromatic heterocycles. The highest BCUT2D eigenvalue weighted by Crippen LogP contribution is 2.23. The number of hydrogen-bond donors (Lipinski definition) is 1. The van der Waals surface area contributed by atoms with Gasteiger partial charge in [-0.25, -0.2) is 0 Å². The molecule has 4 nitrogen and oxygen atoms in total. The van der Waals surface area contributed by atoms with Gasteiger partial charge in [-0.2, -0.15) is 0 Å². The third-order valence-corrected chi connectivity index (χ3v) is 4.61. The zero-order valence-corrected chi connectivity index (χ0v) is 13.7. The molecule has 2 rings (SSSR count). The molecule has 20 heavy (non-hydrogen) atoms. The van der Waals surface area contributed by atoms with Crippen LogP contribution in [-0.4, -0.2) is 35.2 Å². The summed E-state index contributed by atoms with van der Waals surface area (Å²) in [6.07, 6.45) is 0. The number of hydrogen-bond acceptors (Lipinski definition) is 4. The molecule has 0 bridgehead atoms. The predicted molar refractivity (Wildman–Crippen MR) is 81.6 cm³/mol. The van der Waals surface area contributed by atoms with Crippen molar-refractivity contribution in [2.45, 2.75) is 60.2 Å². The van der Waals surface area contributed by atoms with Crippen molar-refractivity contribution in [2.75, 3.05) is 13.1 Å². The molecule has 0 aromatic carbocycles. The summed E-state index contributed by atoms with van der Waals surface area (Å²) in [5.41, 5.74) is 2.30. The van der Waals surface area contributed by atoms with Gasteiger partial charge in [-0.3, -0.25) is 4.90 Å². The van der Waals surface area contributed by atoms with Gasteiger partial charge < -0.3 is 9.84 Å². The van der Waals surface area contributed by atoms with E-state index >= 15 is 0 Å². The molecular weight excluding hydrogens is 250 g/mol. The Bertz CT molecular complexity index is 419. The Balaban J connectivity index is 2.15. The fraction of sp³-hybridized carbons (Fsp3) is 0.812. The highest BCUT2D eigenvalue weighted by molar-refractivity contribution is 5.21. The predicted octanol–water partition coefficient (Wildman–Crippen LogP) is 2.75. The smallest absolute Gasteiger partial charge is 0.138 e. The monoisotopic (exact) mass is 279 g/mol. The van der Waals surface area contributed by atoms with Crippen LogP contribution in [0, 0.1) is 25.7 Å². The summed E-state index contributed by atoms with van der Waals surface area (Å²) >= 11 is 0. The van der Waals surface area contributed by atoms with Crippen molar-refractivity contribution in [3.05, 3.63) is 17.0 Å². The minimum atomic E-state index is 0.575. The zero-order chi connectivity index (χ0) is 14.9. The Hall–Kier alpha value is -0.870. The summed E-state index contributed by atoms with van der Waals surface area (Å²) in [5, 5.41) is 7.80. The first kappa shape index (κ1) is 15.5. The van der Waals surface area contributed by atoms with Gasteiger partial charge in [-0.1, -0.05) is 32.9 Å². The van der Waals surface area contributed by atoms with Gasteiger partial charge in [-0.15, -0.1) is 0 Å². The molecule has 1 fully saturated rings. The second-order valence-electron chi connectivity index (χ2n) is 6.80. The average Bonchev–Trinajstić information content (AvgIpc) is 2.70. The standard InChI is InChI=1S/C16H29N3O/c1-10(2)15-9-19(16(7-17-15)11(3)4)8-14-12(5)18-20-13(14)6/h10-11,15-17H,7-9H2,1-6H3. The molecule has 4 heteroatoms. The van der Waals surface area contributed by atoms with Gasteiger partial charge in [-0.05, 0) is 25.7 Å². The summed E-state index contributed by atoms with van der Waals surface area (Å²) < 4.78 is 5.31. The molecule has 1 N–H and O–H groups in total. The summed E-state index contributed by atoms with van der Waals surface area (Å²) in [5.74, 6) is 2.27. The van der Waals surface area contributed by atoms with E-state index in [0.717, 1.165) is 31.1 Å². The zero-order valence-electron chi connectivity index (χ0n) is 13.7. The van der Waals surface area contributed by atoms with Crippen molar-refractivity contribution in [1.82, 2.24) is 15.4 Å². The Labute approximate surface area is 122 Å². The first-order valence-corrected chi connectivity index (χ1v) is 7.79. The topological polar surface area (TPSA) is 41.3 Å². The van der Waals surface area contributed by atoms with Crippen molar-refractivity contribution < 1.29 is 4.52 Å². The van der Waals surface area contributed by atoms with Crippen LogP contribution in [-0.2, 0) is 6.54 Å². The van der Waals surface area contributed by atoms with E-state index in [1.54, 1.807) is 0 Å². The van der Waals surface area contributed by atoms with E-state index in [1.807, 2.05) is 13.8 Å². The lowest BCUT2D eigenvalue weighted by Crippen LogP contribution is -2.59. The van der Waals surface area contributed by atoms with E-state index in [-0.39, 0.29) is 0 Å². The molecule has 0 saturated carbocycles. The van der Waals surface area contributed by atoms with E-state index in [9.17, 15) is 0 Å². The summed E-state index contributed by atoms with van der Waals surface area (Å²) in [4.78, 5) is 2.61. The van der Waals surface area contributed by atoms with Crippen LogP contribution >= 0.6 is 0 Å². The van der Waals surface area contributed by atoms with Crippen molar-refractivity contribution >= 4 is 0 Å². The number of piperazine rings is 1. The van der Waals surface area contributed by atoms with Crippen LogP contribution in [0.2, 0.25) is 0 Å². The Kier molecular flexibility index (Phi) is 4.86. The average molecular weight is 279 g/mol. The molecule has 1 aliphatic heterocycles. The van der Waals surface area contributed by atoms with Crippen LogP contribution in [0.1, 0.15) is 44.7 Å². The Morgan fingerprint density at radius 3 is 2.45 bits per heavy atom. The van der Waals surface area contributed by atoms with Gasteiger partial charge >= 0.3 is 0 Å². The summed E-state index contributed by atoms with van der Waals surface area (Å²) in [6.45, 7) is 16.4. The molecule has 1 saturated heterocycles. The van der Waals surface area contributed by atoms with Gasteiger partial charge in [0.1, 0.15) is 5.76 Å². The van der Waals surface area contributed by atoms with E-state index in [0.29, 0.717) is 23.9 Å². The number of nitrogens with zero attached hydrogens (tertiary/aromatic N) is 2. The molecule has 2 unspecified atom stereocenters. The van der Waals surface area contributed by atoms with Crippen LogP contribution in [0.25, 0.3) is 0 Å². The molecule has 0 spiro atoms. The number of rotatable bonds is 4. The van der Waals surface area contributed by atoms with Crippen LogP contribution < -0.4 is 5.32 Å². The van der Waals surface area contributed by atoms with E-state index in [2.05, 4.69) is 43.1 Å². The lowest BCUT2D eigenvalue weighted by Gasteiger charge is -2.43. The first-order chi connectivity index (χ1) is 9.40. The van der Waals surface area contributed by atoms with Crippen molar-refractivity contribution in [3.63, 3.8) is 0 Å². The molecule has 0 amide bonds. The molecule has 0 aliphatic carbocycles. The molecule has 2 heterocycles. The molecule has 0 radical (unpaired) electrons. The largest absolute Gasteiger partial charge is 0.361 e. The van der Waals surface area contributed by atoms with Gasteiger partial charge in [0.2, 0.25) is 0 Å². The van der Waals surface area contributed by atoms with Crippen LogP contribution in [0.15, 0.2) is 4.52 Å². The third kappa shape index (κ3) is 3.23. The quantitative estimate of drug-likeness (QED) is 0.920. The van der Waals surface area contributed by atoms with Crippen LogP contribution in [0.4, 0.5) is 0 Å². The van der Waals surface area contributed by atoms with Gasteiger partial charge in [0.05, 0.1) is 5.69 Å². The lowest BCUT2D eigenvalue weighted by atomic mass is 9.93. The fourth-order valence-electron chi connectivity index (χ4n) is 3.07. The van der Waals surface area contributed by atoms with Crippen LogP contribution in [0.3, 0.4) is 0 Å². The number of aromatic nitrogens is 1. The Morgan fingerprint density at radius 1 is 1.25 bits per heavy atom. The van der Waals surface area contributed by atoms with Gasteiger partial charge in [0.25, 0.3) is 0 Å². The van der Waals surface area contributed by atoms with Crippen LogP contribution in [0.5, 0.6) is 0 Å². The Morgan fingerprint density at radius 2 is 1.95 bits per heavy atom. The minimum absolute atomic E-state index is 0.575. The molecule has 2 atom stereocenters. The molecule has 114 valence electrons. The summed E-state index contributed by atoms with van der Waals surface area (Å²) in [7, 11) is 0. The van der Waals surface area contributed by atoms with Gasteiger partial charge in [0.15, 0.2) is 0 Å². The second-order valence-corrected chi connectivity index (χ2v) is 6.80. The highest BCUT2D eigenvalue weighted by atomic mass is 16.5. The maximum Gasteiger partial charge on any atom is 0.138 e. The number of nitrogens with one attached hydrogen (secondary N) is 1. The first-order valence-electron chi connectivity index (χ1n) is 7.79. The minimum Gasteiger partial charge on any atom is -0.361 e. The second kappa shape index (κ2) is 6.27. The third-order valence-electron chi connectivity index (χ3n) is 4.61. The molecule has 1 aromatic rings. The van der Waals surface area contributed by atoms with Crippen molar-refractivity contribution in [2.24, 2.45) is 11.8 Å². The van der Waals surface area contributed by atoms with E-state index in [1.165, 1.54) is 5.56 Å². The maximum absolute atomic E-state index is 5.31. The SMILES string of the molecule is Cc1noc(C)c1CN1CC(C(C)C)NCC1C(C)C.